The van der Waals surface area contributed by atoms with Crippen LogP contribution >= 0.6 is 0 Å². The van der Waals surface area contributed by atoms with Crippen LogP contribution in [0.4, 0.5) is 5.82 Å². The van der Waals surface area contributed by atoms with E-state index in [1.165, 1.54) is 25.7 Å². The first-order valence-corrected chi connectivity index (χ1v) is 8.56. The lowest BCUT2D eigenvalue weighted by atomic mass is 9.96. The minimum Gasteiger partial charge on any atom is -0.350 e. The van der Waals surface area contributed by atoms with E-state index >= 15 is 0 Å². The molecule has 1 atom stereocenters. The normalized spacial score (nSPS) is 21.4. The number of nitrogens with zero attached hydrogens (tertiary/aromatic N) is 4. The first-order valence-electron chi connectivity index (χ1n) is 8.56. The molecule has 122 valence electrons. The molecule has 3 rings (SSSR count). The lowest BCUT2D eigenvalue weighted by Crippen LogP contribution is -2.44. The maximum atomic E-state index is 12.7. The highest BCUT2D eigenvalue weighted by molar-refractivity contribution is 5.81. The molecule has 5 nitrogen and oxygen atoms in total. The monoisotopic (exact) mass is 312 g/mol. The number of nitriles is 1. The van der Waals surface area contributed by atoms with Gasteiger partial charge in [0.2, 0.25) is 5.91 Å². The topological polar surface area (TPSA) is 60.2 Å². The van der Waals surface area contributed by atoms with E-state index in [2.05, 4.69) is 16.0 Å². The largest absolute Gasteiger partial charge is 0.350 e. The quantitative estimate of drug-likeness (QED) is 0.857. The van der Waals surface area contributed by atoms with E-state index < -0.39 is 0 Å². The summed E-state index contributed by atoms with van der Waals surface area (Å²) in [5, 5.41) is 8.82. The van der Waals surface area contributed by atoms with Crippen LogP contribution in [0.25, 0.3) is 0 Å². The third-order valence-corrected chi connectivity index (χ3v) is 5.20. The maximum absolute atomic E-state index is 12.7. The summed E-state index contributed by atoms with van der Waals surface area (Å²) >= 11 is 0. The van der Waals surface area contributed by atoms with Crippen molar-refractivity contribution in [1.82, 2.24) is 9.88 Å². The Balaban J connectivity index is 1.62. The zero-order chi connectivity index (χ0) is 16.2. The summed E-state index contributed by atoms with van der Waals surface area (Å²) in [6, 6.07) is 6.04. The minimum atomic E-state index is 0.202. The summed E-state index contributed by atoms with van der Waals surface area (Å²) in [5.41, 5.74) is 0.536. The maximum Gasteiger partial charge on any atom is 0.242 e. The number of carbonyl (C=O) groups excluding carboxylic acids is 1. The molecule has 0 spiro atoms. The Morgan fingerprint density at radius 1 is 1.35 bits per heavy atom. The van der Waals surface area contributed by atoms with Crippen molar-refractivity contribution in [2.75, 3.05) is 25.0 Å². The average molecular weight is 312 g/mol. The van der Waals surface area contributed by atoms with E-state index in [0.29, 0.717) is 24.1 Å². The Bertz CT molecular complexity index is 586. The Morgan fingerprint density at radius 3 is 2.78 bits per heavy atom. The highest BCUT2D eigenvalue weighted by Crippen LogP contribution is 2.35. The van der Waals surface area contributed by atoms with Crippen molar-refractivity contribution in [3.05, 3.63) is 23.9 Å². The van der Waals surface area contributed by atoms with Gasteiger partial charge in [-0.3, -0.25) is 4.79 Å². The van der Waals surface area contributed by atoms with Gasteiger partial charge in [0.25, 0.3) is 0 Å². The fraction of sp³-hybridized carbons (Fsp3) is 0.611. The van der Waals surface area contributed by atoms with Crippen molar-refractivity contribution in [1.29, 1.82) is 5.26 Å². The smallest absolute Gasteiger partial charge is 0.242 e. The number of anilines is 1. The van der Waals surface area contributed by atoms with Gasteiger partial charge in [0.1, 0.15) is 11.9 Å². The van der Waals surface area contributed by atoms with Crippen molar-refractivity contribution in [3.8, 4) is 6.07 Å². The van der Waals surface area contributed by atoms with Crippen LogP contribution in [0.15, 0.2) is 18.3 Å². The van der Waals surface area contributed by atoms with Crippen LogP contribution in [0.1, 0.15) is 44.1 Å². The molecule has 0 aromatic carbocycles. The van der Waals surface area contributed by atoms with E-state index in [0.717, 1.165) is 25.2 Å². The lowest BCUT2D eigenvalue weighted by Gasteiger charge is -2.31. The summed E-state index contributed by atoms with van der Waals surface area (Å²) in [5.74, 6) is 1.64. The number of hydrogen-bond donors (Lipinski definition) is 0. The molecule has 1 aromatic rings. The molecule has 2 fully saturated rings. The van der Waals surface area contributed by atoms with Crippen molar-refractivity contribution < 1.29 is 4.79 Å². The van der Waals surface area contributed by atoms with Crippen LogP contribution in [0.3, 0.4) is 0 Å². The molecule has 5 heteroatoms. The highest BCUT2D eigenvalue weighted by Gasteiger charge is 2.35. The van der Waals surface area contributed by atoms with Gasteiger partial charge in [-0.05, 0) is 43.7 Å². The summed E-state index contributed by atoms with van der Waals surface area (Å²) in [7, 11) is 1.88. The zero-order valence-electron chi connectivity index (χ0n) is 13.7. The van der Waals surface area contributed by atoms with Gasteiger partial charge in [-0.25, -0.2) is 4.98 Å². The second-order valence-electron chi connectivity index (χ2n) is 6.71. The number of hydrogen-bond acceptors (Lipinski definition) is 4. The van der Waals surface area contributed by atoms with Gasteiger partial charge >= 0.3 is 0 Å². The van der Waals surface area contributed by atoms with Crippen molar-refractivity contribution in [3.63, 3.8) is 0 Å². The summed E-state index contributed by atoms with van der Waals surface area (Å²) < 4.78 is 0. The zero-order valence-corrected chi connectivity index (χ0v) is 13.7. The van der Waals surface area contributed by atoms with E-state index in [1.807, 2.05) is 11.9 Å². The van der Waals surface area contributed by atoms with Crippen LogP contribution in [-0.2, 0) is 4.79 Å². The number of likely N-dealkylation sites (tertiary alicyclic amines) is 1. The highest BCUT2D eigenvalue weighted by atomic mass is 16.2. The molecule has 1 aliphatic heterocycles. The Hall–Kier alpha value is -2.09. The van der Waals surface area contributed by atoms with E-state index in [-0.39, 0.29) is 5.91 Å². The number of pyridine rings is 1. The van der Waals surface area contributed by atoms with Crippen LogP contribution in [-0.4, -0.2) is 42.0 Å². The third-order valence-electron chi connectivity index (χ3n) is 5.20. The second-order valence-corrected chi connectivity index (χ2v) is 6.71. The average Bonchev–Trinajstić information content (AvgIpc) is 3.25. The van der Waals surface area contributed by atoms with Crippen LogP contribution in [0.2, 0.25) is 0 Å². The van der Waals surface area contributed by atoms with Crippen molar-refractivity contribution >= 4 is 11.7 Å². The van der Waals surface area contributed by atoms with Gasteiger partial charge in [0, 0.05) is 25.8 Å². The molecule has 1 saturated heterocycles. The molecule has 0 radical (unpaired) electrons. The Kier molecular flexibility index (Phi) is 4.80. The molecule has 1 aliphatic carbocycles. The number of aromatic nitrogens is 1. The Morgan fingerprint density at radius 2 is 2.13 bits per heavy atom. The third kappa shape index (κ3) is 3.47. The molecular weight excluding hydrogens is 288 g/mol. The molecule has 23 heavy (non-hydrogen) atoms. The van der Waals surface area contributed by atoms with Gasteiger partial charge in [-0.15, -0.1) is 0 Å². The van der Waals surface area contributed by atoms with Crippen molar-refractivity contribution in [2.45, 2.75) is 44.6 Å². The summed E-state index contributed by atoms with van der Waals surface area (Å²) in [6.07, 6.45) is 9.04. The summed E-state index contributed by atoms with van der Waals surface area (Å²) in [6.45, 7) is 1.25. The molecular formula is C18H24N4O. The number of amides is 1. The second kappa shape index (κ2) is 6.99. The predicted molar refractivity (Wildman–Crippen MR) is 88.9 cm³/mol. The lowest BCUT2D eigenvalue weighted by molar-refractivity contribution is -0.131. The number of rotatable bonds is 4. The van der Waals surface area contributed by atoms with E-state index in [4.69, 9.17) is 5.26 Å². The molecule has 2 aliphatic rings. The predicted octanol–water partition coefficient (Wildman–Crippen LogP) is 2.57. The SMILES string of the molecule is CN(CC(=O)N1CCC[C@@H]1C1CCCC1)c1ccc(C#N)cn1. The molecule has 1 saturated carbocycles. The summed E-state index contributed by atoms with van der Waals surface area (Å²) in [4.78, 5) is 21.0. The van der Waals surface area contributed by atoms with Crippen molar-refractivity contribution in [2.24, 2.45) is 5.92 Å². The number of likely N-dealkylation sites (N-methyl/N-ethyl adjacent to an activating group) is 1. The van der Waals surface area contributed by atoms with Crippen LogP contribution in [0, 0.1) is 17.2 Å². The molecule has 2 heterocycles. The Labute approximate surface area is 137 Å². The van der Waals surface area contributed by atoms with Crippen LogP contribution in [0.5, 0.6) is 0 Å². The van der Waals surface area contributed by atoms with E-state index in [9.17, 15) is 4.79 Å². The van der Waals surface area contributed by atoms with Gasteiger partial charge in [0.05, 0.1) is 12.1 Å². The molecule has 1 amide bonds. The first-order chi connectivity index (χ1) is 11.2. The number of carbonyl (C=O) groups is 1. The standard InChI is InChI=1S/C18H24N4O/c1-21(17-9-8-14(11-19)12-20-17)13-18(23)22-10-4-7-16(22)15-5-2-3-6-15/h8-9,12,15-16H,2-7,10,13H2,1H3/t16-/m1/s1. The molecule has 0 bridgehead atoms. The van der Waals surface area contributed by atoms with Crippen LogP contribution < -0.4 is 4.90 Å². The first kappa shape index (κ1) is 15.8. The van der Waals surface area contributed by atoms with Gasteiger partial charge in [-0.1, -0.05) is 12.8 Å². The molecule has 0 unspecified atom stereocenters. The fourth-order valence-corrected chi connectivity index (χ4v) is 3.99. The van der Waals surface area contributed by atoms with E-state index in [1.54, 1.807) is 18.3 Å². The fourth-order valence-electron chi connectivity index (χ4n) is 3.99. The van der Waals surface area contributed by atoms with Gasteiger partial charge in [0.15, 0.2) is 0 Å². The molecule has 0 N–H and O–H groups in total. The molecule has 1 aromatic heterocycles. The minimum absolute atomic E-state index is 0.202. The van der Waals surface area contributed by atoms with Gasteiger partial charge < -0.3 is 9.80 Å². The van der Waals surface area contributed by atoms with Gasteiger partial charge in [-0.2, -0.15) is 5.26 Å².